The molecule has 17 heavy (non-hydrogen) atoms. The molecule has 0 radical (unpaired) electrons. The predicted molar refractivity (Wildman–Crippen MR) is 70.5 cm³/mol. The number of sulfone groups is 1. The zero-order valence-electron chi connectivity index (χ0n) is 9.61. The molecule has 0 saturated carbocycles. The van der Waals surface area contributed by atoms with Gasteiger partial charge in [0.2, 0.25) is 0 Å². The van der Waals surface area contributed by atoms with Gasteiger partial charge in [0.15, 0.2) is 15.6 Å². The van der Waals surface area contributed by atoms with Gasteiger partial charge in [-0.3, -0.25) is 4.79 Å². The molecule has 0 aliphatic rings. The fourth-order valence-corrected chi connectivity index (χ4v) is 3.81. The normalized spacial score (nSPS) is 11.2. The van der Waals surface area contributed by atoms with Crippen molar-refractivity contribution in [3.8, 4) is 0 Å². The number of ketones is 1. The summed E-state index contributed by atoms with van der Waals surface area (Å²) >= 11 is 1.05. The summed E-state index contributed by atoms with van der Waals surface area (Å²) in [6.45, 7) is 5.28. The molecule has 94 valence electrons. The highest BCUT2D eigenvalue weighted by molar-refractivity contribution is 7.91. The molecule has 0 aliphatic carbocycles. The molecule has 1 aromatic heterocycles. The van der Waals surface area contributed by atoms with Crippen molar-refractivity contribution in [3.05, 3.63) is 17.5 Å². The van der Waals surface area contributed by atoms with Crippen LogP contribution in [-0.2, 0) is 9.84 Å². The summed E-state index contributed by atoms with van der Waals surface area (Å²) in [4.78, 5) is 11.6. The van der Waals surface area contributed by atoms with Crippen LogP contribution in [0.25, 0.3) is 0 Å². The van der Waals surface area contributed by atoms with Crippen molar-refractivity contribution in [3.63, 3.8) is 0 Å². The van der Waals surface area contributed by atoms with Crippen LogP contribution in [0.15, 0.2) is 17.6 Å². The van der Waals surface area contributed by atoms with Crippen molar-refractivity contribution in [2.45, 2.75) is 11.8 Å². The Bertz CT molecular complexity index is 558. The molecule has 0 aliphatic heterocycles. The van der Waals surface area contributed by atoms with Crippen LogP contribution in [0.5, 0.6) is 0 Å². The lowest BCUT2D eigenvalue weighted by atomic mass is 10.3. The van der Waals surface area contributed by atoms with Crippen molar-refractivity contribution in [1.82, 2.24) is 0 Å². The van der Waals surface area contributed by atoms with Crippen molar-refractivity contribution >= 4 is 37.6 Å². The van der Waals surface area contributed by atoms with Gasteiger partial charge >= 0.3 is 0 Å². The van der Waals surface area contributed by atoms with E-state index in [-0.39, 0.29) is 21.2 Å². The van der Waals surface area contributed by atoms with Gasteiger partial charge in [-0.05, 0) is 0 Å². The van der Waals surface area contributed by atoms with E-state index in [1.54, 1.807) is 6.08 Å². The molecule has 0 aromatic carbocycles. The summed E-state index contributed by atoms with van der Waals surface area (Å²) in [7, 11) is -3.47. The minimum atomic E-state index is -3.47. The number of rotatable bonds is 5. The molecule has 0 amide bonds. The third-order valence-corrected chi connectivity index (χ3v) is 4.56. The lowest BCUT2D eigenvalue weighted by molar-refractivity contribution is 0.102. The van der Waals surface area contributed by atoms with Crippen LogP contribution >= 0.6 is 11.3 Å². The van der Waals surface area contributed by atoms with Gasteiger partial charge in [-0.25, -0.2) is 8.42 Å². The number of hydrogen-bond acceptors (Lipinski definition) is 6. The number of Topliss-reactive ketones (excluding diaryl/α,β-unsaturated/α-hetero) is 1. The van der Waals surface area contributed by atoms with Crippen LogP contribution < -0.4 is 11.1 Å². The first-order chi connectivity index (χ1) is 7.79. The Labute approximate surface area is 104 Å². The third-order valence-electron chi connectivity index (χ3n) is 2.00. The van der Waals surface area contributed by atoms with Crippen LogP contribution in [0, 0.1) is 0 Å². The molecule has 5 nitrogen and oxygen atoms in total. The van der Waals surface area contributed by atoms with E-state index in [4.69, 9.17) is 5.73 Å². The maximum Gasteiger partial charge on any atom is 0.180 e. The van der Waals surface area contributed by atoms with Crippen molar-refractivity contribution < 1.29 is 13.2 Å². The highest BCUT2D eigenvalue weighted by atomic mass is 32.2. The molecule has 7 heteroatoms. The summed E-state index contributed by atoms with van der Waals surface area (Å²) in [6.07, 6.45) is 2.66. The first kappa shape index (κ1) is 13.7. The van der Waals surface area contributed by atoms with Gasteiger partial charge in [-0.1, -0.05) is 6.08 Å². The number of thiophene rings is 1. The largest absolute Gasteiger partial charge is 0.396 e. The van der Waals surface area contributed by atoms with Gasteiger partial charge < -0.3 is 11.1 Å². The van der Waals surface area contributed by atoms with Crippen LogP contribution in [0.2, 0.25) is 0 Å². The average Bonchev–Trinajstić information content (AvgIpc) is 2.51. The molecule has 0 saturated heterocycles. The minimum absolute atomic E-state index is 0.00505. The fourth-order valence-electron chi connectivity index (χ4n) is 1.34. The van der Waals surface area contributed by atoms with E-state index in [2.05, 4.69) is 11.9 Å². The molecular weight excluding hydrogens is 260 g/mol. The van der Waals surface area contributed by atoms with Gasteiger partial charge in [0.05, 0.1) is 10.6 Å². The standard InChI is InChI=1S/C10H14N2O3S2/c1-4-5-12-10-9(17(3,14)15)7(11)8(16-10)6(2)13/h4,12H,1,5,11H2,2-3H3. The lowest BCUT2D eigenvalue weighted by Gasteiger charge is -2.03. The molecule has 0 fully saturated rings. The second-order valence-electron chi connectivity index (χ2n) is 3.50. The van der Waals surface area contributed by atoms with E-state index < -0.39 is 9.84 Å². The summed E-state index contributed by atoms with van der Waals surface area (Å²) in [5.41, 5.74) is 5.73. The summed E-state index contributed by atoms with van der Waals surface area (Å²) in [5.74, 6) is -0.246. The molecular formula is C10H14N2O3S2. The van der Waals surface area contributed by atoms with Gasteiger partial charge in [0.25, 0.3) is 0 Å². The van der Waals surface area contributed by atoms with Gasteiger partial charge in [0, 0.05) is 19.7 Å². The first-order valence-electron chi connectivity index (χ1n) is 4.77. The van der Waals surface area contributed by atoms with Gasteiger partial charge in [0.1, 0.15) is 9.90 Å². The van der Waals surface area contributed by atoms with Crippen LogP contribution in [0.4, 0.5) is 10.7 Å². The Balaban J connectivity index is 3.42. The monoisotopic (exact) mass is 274 g/mol. The molecule has 3 N–H and O–H groups in total. The zero-order chi connectivity index (χ0) is 13.2. The van der Waals surface area contributed by atoms with E-state index in [1.165, 1.54) is 6.92 Å². The van der Waals surface area contributed by atoms with E-state index in [0.29, 0.717) is 11.5 Å². The second kappa shape index (κ2) is 4.89. The highest BCUT2D eigenvalue weighted by Crippen LogP contribution is 2.39. The third kappa shape index (κ3) is 2.86. The Morgan fingerprint density at radius 3 is 2.59 bits per heavy atom. The summed E-state index contributed by atoms with van der Waals surface area (Å²) in [6, 6.07) is 0. The maximum absolute atomic E-state index is 11.6. The van der Waals surface area contributed by atoms with Crippen molar-refractivity contribution in [2.24, 2.45) is 0 Å². The van der Waals surface area contributed by atoms with Crippen LogP contribution in [0.3, 0.4) is 0 Å². The number of nitrogens with two attached hydrogens (primary N) is 1. The van der Waals surface area contributed by atoms with Gasteiger partial charge in [-0.2, -0.15) is 0 Å². The molecule has 0 atom stereocenters. The SMILES string of the molecule is C=CCNc1sc(C(C)=O)c(N)c1S(C)(=O)=O. The van der Waals surface area contributed by atoms with Gasteiger partial charge in [-0.15, -0.1) is 17.9 Å². The Morgan fingerprint density at radius 2 is 2.18 bits per heavy atom. The minimum Gasteiger partial charge on any atom is -0.396 e. The Kier molecular flexibility index (Phi) is 3.94. The maximum atomic E-state index is 11.6. The highest BCUT2D eigenvalue weighted by Gasteiger charge is 2.25. The molecule has 1 aromatic rings. The number of nitrogens with one attached hydrogen (secondary N) is 1. The molecule has 0 spiro atoms. The number of hydrogen-bond donors (Lipinski definition) is 2. The Morgan fingerprint density at radius 1 is 1.59 bits per heavy atom. The van der Waals surface area contributed by atoms with Crippen LogP contribution in [0.1, 0.15) is 16.6 Å². The molecule has 1 heterocycles. The number of nitrogen functional groups attached to an aromatic ring is 1. The topological polar surface area (TPSA) is 89.3 Å². The number of carbonyl (C=O) groups excluding carboxylic acids is 1. The second-order valence-corrected chi connectivity index (χ2v) is 6.47. The zero-order valence-corrected chi connectivity index (χ0v) is 11.2. The lowest BCUT2D eigenvalue weighted by Crippen LogP contribution is -2.06. The predicted octanol–water partition coefficient (Wildman–Crippen LogP) is 1.53. The van der Waals surface area contributed by atoms with E-state index in [0.717, 1.165) is 17.6 Å². The quantitative estimate of drug-likeness (QED) is 0.628. The molecule has 1 rings (SSSR count). The van der Waals surface area contributed by atoms with Crippen molar-refractivity contribution in [2.75, 3.05) is 23.9 Å². The number of carbonyl (C=O) groups is 1. The van der Waals surface area contributed by atoms with E-state index >= 15 is 0 Å². The summed E-state index contributed by atoms with van der Waals surface area (Å²) in [5, 5.41) is 3.26. The fraction of sp³-hybridized carbons (Fsp3) is 0.300. The smallest absolute Gasteiger partial charge is 0.180 e. The summed E-state index contributed by atoms with van der Waals surface area (Å²) < 4.78 is 23.2. The van der Waals surface area contributed by atoms with Crippen LogP contribution in [-0.4, -0.2) is 27.0 Å². The first-order valence-corrected chi connectivity index (χ1v) is 7.47. The molecule has 0 unspecified atom stereocenters. The van der Waals surface area contributed by atoms with E-state index in [9.17, 15) is 13.2 Å². The molecule has 0 bridgehead atoms. The van der Waals surface area contributed by atoms with Crippen molar-refractivity contribution in [1.29, 1.82) is 0 Å². The number of anilines is 2. The average molecular weight is 274 g/mol. The van der Waals surface area contributed by atoms with E-state index in [1.807, 2.05) is 0 Å². The Hall–Kier alpha value is -1.34.